The van der Waals surface area contributed by atoms with Crippen LogP contribution in [0.1, 0.15) is 19.5 Å². The number of nitrogens with one attached hydrogen (secondary N) is 1. The third-order valence-electron chi connectivity index (χ3n) is 3.61. The maximum absolute atomic E-state index is 4.57. The highest BCUT2D eigenvalue weighted by atomic mass is 32.1. The number of hydrogen-bond donors (Lipinski definition) is 1. The van der Waals surface area contributed by atoms with Gasteiger partial charge in [0.25, 0.3) is 0 Å². The average molecular weight is 300 g/mol. The van der Waals surface area contributed by atoms with E-state index in [9.17, 15) is 0 Å². The Labute approximate surface area is 129 Å². The summed E-state index contributed by atoms with van der Waals surface area (Å²) in [5, 5.41) is 5.47. The first kappa shape index (κ1) is 13.9. The highest BCUT2D eigenvalue weighted by Crippen LogP contribution is 2.18. The summed E-state index contributed by atoms with van der Waals surface area (Å²) in [5.41, 5.74) is 3.46. The fraction of sp³-hybridized carbons (Fsp3) is 0.312. The average Bonchev–Trinajstić information content (AvgIpc) is 3.09. The summed E-state index contributed by atoms with van der Waals surface area (Å²) >= 11 is 1.66. The second-order valence-electron chi connectivity index (χ2n) is 4.90. The molecule has 2 heterocycles. The Balaban J connectivity index is 1.63. The molecule has 0 aliphatic carbocycles. The van der Waals surface area contributed by atoms with Crippen molar-refractivity contribution in [1.82, 2.24) is 9.38 Å². The number of imidazole rings is 1. The van der Waals surface area contributed by atoms with Crippen LogP contribution in [0.2, 0.25) is 0 Å². The molecule has 0 spiro atoms. The molecule has 0 radical (unpaired) electrons. The number of nitrogens with zero attached hydrogens (tertiary/aromatic N) is 3. The van der Waals surface area contributed by atoms with Crippen molar-refractivity contribution in [2.75, 3.05) is 23.3 Å². The van der Waals surface area contributed by atoms with E-state index >= 15 is 0 Å². The number of benzene rings is 1. The van der Waals surface area contributed by atoms with E-state index in [0.29, 0.717) is 0 Å². The van der Waals surface area contributed by atoms with Gasteiger partial charge in [-0.1, -0.05) is 0 Å². The van der Waals surface area contributed by atoms with Crippen molar-refractivity contribution in [1.29, 1.82) is 0 Å². The lowest BCUT2D eigenvalue weighted by molar-refractivity contribution is 0.866. The van der Waals surface area contributed by atoms with Gasteiger partial charge in [0.15, 0.2) is 4.96 Å². The second-order valence-corrected chi connectivity index (χ2v) is 5.77. The number of aromatic nitrogens is 2. The molecule has 0 atom stereocenters. The van der Waals surface area contributed by atoms with Crippen LogP contribution in [0.5, 0.6) is 0 Å². The molecule has 0 bridgehead atoms. The Bertz CT molecular complexity index is 666. The van der Waals surface area contributed by atoms with Gasteiger partial charge in [0.05, 0.1) is 12.2 Å². The maximum Gasteiger partial charge on any atom is 0.193 e. The van der Waals surface area contributed by atoms with Gasteiger partial charge in [0, 0.05) is 42.2 Å². The lowest BCUT2D eigenvalue weighted by Crippen LogP contribution is -2.21. The highest BCUT2D eigenvalue weighted by molar-refractivity contribution is 7.15. The zero-order valence-corrected chi connectivity index (χ0v) is 13.2. The Hall–Kier alpha value is -2.01. The summed E-state index contributed by atoms with van der Waals surface area (Å²) in [7, 11) is 0. The minimum absolute atomic E-state index is 0.749. The molecule has 0 saturated heterocycles. The minimum atomic E-state index is 0.749. The lowest BCUT2D eigenvalue weighted by atomic mass is 10.2. The van der Waals surface area contributed by atoms with Gasteiger partial charge in [-0.3, -0.25) is 4.40 Å². The number of rotatable bonds is 6. The fourth-order valence-electron chi connectivity index (χ4n) is 2.43. The molecule has 2 aromatic heterocycles. The molecule has 0 amide bonds. The molecule has 1 aromatic carbocycles. The summed E-state index contributed by atoms with van der Waals surface area (Å²) in [6, 6.07) is 8.60. The van der Waals surface area contributed by atoms with Gasteiger partial charge < -0.3 is 10.2 Å². The summed E-state index contributed by atoms with van der Waals surface area (Å²) < 4.78 is 2.06. The standard InChI is InChI=1S/C16H20N4S/c1-3-19(4-2)15-7-5-13(6-8-15)17-11-14-12-20-9-10-21-16(20)18-14/h5-10,12,17H,3-4,11H2,1-2H3. The fourth-order valence-corrected chi connectivity index (χ4v) is 3.15. The molecule has 1 N–H and O–H groups in total. The van der Waals surface area contributed by atoms with Gasteiger partial charge in [-0.25, -0.2) is 4.98 Å². The Morgan fingerprint density at radius 1 is 1.19 bits per heavy atom. The van der Waals surface area contributed by atoms with E-state index in [4.69, 9.17) is 0 Å². The number of hydrogen-bond acceptors (Lipinski definition) is 4. The van der Waals surface area contributed by atoms with Crippen molar-refractivity contribution < 1.29 is 0 Å². The topological polar surface area (TPSA) is 32.6 Å². The van der Waals surface area contributed by atoms with Crippen LogP contribution >= 0.6 is 11.3 Å². The number of anilines is 2. The van der Waals surface area contributed by atoms with Crippen LogP contribution in [0, 0.1) is 0 Å². The molecule has 3 rings (SSSR count). The SMILES string of the molecule is CCN(CC)c1ccc(NCc2cn3ccsc3n2)cc1. The smallest absolute Gasteiger partial charge is 0.193 e. The zero-order valence-electron chi connectivity index (χ0n) is 12.4. The molecule has 0 fully saturated rings. The molecule has 3 aromatic rings. The maximum atomic E-state index is 4.57. The van der Waals surface area contributed by atoms with Crippen LogP contribution in [0.3, 0.4) is 0 Å². The van der Waals surface area contributed by atoms with Gasteiger partial charge >= 0.3 is 0 Å². The normalized spacial score (nSPS) is 11.0. The van der Waals surface area contributed by atoms with Crippen LogP contribution in [0.15, 0.2) is 42.0 Å². The molecular formula is C16H20N4S. The van der Waals surface area contributed by atoms with Crippen molar-refractivity contribution in [3.05, 3.63) is 47.7 Å². The number of fused-ring (bicyclic) bond motifs is 1. The van der Waals surface area contributed by atoms with Crippen molar-refractivity contribution in [3.8, 4) is 0 Å². The summed E-state index contributed by atoms with van der Waals surface area (Å²) in [4.78, 5) is 7.96. The summed E-state index contributed by atoms with van der Waals surface area (Å²) in [5.74, 6) is 0. The molecule has 0 aliphatic rings. The summed E-state index contributed by atoms with van der Waals surface area (Å²) in [6.45, 7) is 7.18. The second kappa shape index (κ2) is 6.18. The Morgan fingerprint density at radius 3 is 2.62 bits per heavy atom. The quantitative estimate of drug-likeness (QED) is 0.750. The first-order valence-corrected chi connectivity index (χ1v) is 8.18. The lowest BCUT2D eigenvalue weighted by Gasteiger charge is -2.21. The van der Waals surface area contributed by atoms with Gasteiger partial charge in [0.1, 0.15) is 0 Å². The van der Waals surface area contributed by atoms with Crippen LogP contribution in [0.4, 0.5) is 11.4 Å². The van der Waals surface area contributed by atoms with Gasteiger partial charge in [0.2, 0.25) is 0 Å². The van der Waals surface area contributed by atoms with Crippen LogP contribution in [0.25, 0.3) is 4.96 Å². The predicted molar refractivity (Wildman–Crippen MR) is 90.4 cm³/mol. The third kappa shape index (κ3) is 3.03. The predicted octanol–water partition coefficient (Wildman–Crippen LogP) is 3.85. The minimum Gasteiger partial charge on any atom is -0.379 e. The van der Waals surface area contributed by atoms with Crippen LogP contribution in [-0.4, -0.2) is 22.5 Å². The monoisotopic (exact) mass is 300 g/mol. The molecule has 110 valence electrons. The van der Waals surface area contributed by atoms with E-state index in [1.165, 1.54) is 5.69 Å². The molecule has 4 nitrogen and oxygen atoms in total. The highest BCUT2D eigenvalue weighted by Gasteiger charge is 2.03. The molecular weight excluding hydrogens is 280 g/mol. The van der Waals surface area contributed by atoms with E-state index in [1.807, 2.05) is 11.6 Å². The van der Waals surface area contributed by atoms with Gasteiger partial charge in [-0.15, -0.1) is 11.3 Å². The van der Waals surface area contributed by atoms with E-state index in [1.54, 1.807) is 11.3 Å². The number of thiazole rings is 1. The third-order valence-corrected chi connectivity index (χ3v) is 4.38. The van der Waals surface area contributed by atoms with Gasteiger partial charge in [-0.05, 0) is 38.1 Å². The first-order valence-electron chi connectivity index (χ1n) is 7.30. The Morgan fingerprint density at radius 2 is 1.95 bits per heavy atom. The zero-order chi connectivity index (χ0) is 14.7. The van der Waals surface area contributed by atoms with Crippen molar-refractivity contribution >= 4 is 27.7 Å². The molecule has 21 heavy (non-hydrogen) atoms. The van der Waals surface area contributed by atoms with E-state index in [-0.39, 0.29) is 0 Å². The van der Waals surface area contributed by atoms with Gasteiger partial charge in [-0.2, -0.15) is 0 Å². The van der Waals surface area contributed by atoms with E-state index in [2.05, 4.69) is 63.9 Å². The molecule has 0 saturated carbocycles. The summed E-state index contributed by atoms with van der Waals surface area (Å²) in [6.07, 6.45) is 4.11. The largest absolute Gasteiger partial charge is 0.379 e. The van der Waals surface area contributed by atoms with Crippen molar-refractivity contribution in [2.45, 2.75) is 20.4 Å². The molecule has 0 unspecified atom stereocenters. The van der Waals surface area contributed by atoms with E-state index < -0.39 is 0 Å². The van der Waals surface area contributed by atoms with Crippen LogP contribution in [-0.2, 0) is 6.54 Å². The van der Waals surface area contributed by atoms with Crippen molar-refractivity contribution in [2.24, 2.45) is 0 Å². The van der Waals surface area contributed by atoms with Crippen LogP contribution < -0.4 is 10.2 Å². The molecule has 5 heteroatoms. The molecule has 0 aliphatic heterocycles. The first-order chi connectivity index (χ1) is 10.3. The van der Waals surface area contributed by atoms with Crippen molar-refractivity contribution in [3.63, 3.8) is 0 Å². The Kier molecular flexibility index (Phi) is 4.10. The van der Waals surface area contributed by atoms with E-state index in [0.717, 1.165) is 36.0 Å².